The number of amides is 3. The van der Waals surface area contributed by atoms with Gasteiger partial charge in [-0.05, 0) is 23.6 Å². The fourth-order valence-corrected chi connectivity index (χ4v) is 3.76. The average molecular weight is 499 g/mol. The van der Waals surface area contributed by atoms with Crippen molar-refractivity contribution in [2.24, 2.45) is 5.73 Å². The van der Waals surface area contributed by atoms with E-state index < -0.39 is 42.8 Å². The number of nitrogens with two attached hydrogens (primary N) is 1. The third-order valence-electron chi connectivity index (χ3n) is 4.24. The van der Waals surface area contributed by atoms with Crippen LogP contribution in [0, 0.1) is 5.82 Å². The number of urea groups is 1. The Morgan fingerprint density at radius 2 is 2.00 bits per heavy atom. The maximum absolute atomic E-state index is 14.3. The van der Waals surface area contributed by atoms with E-state index in [9.17, 15) is 23.6 Å². The Kier molecular flexibility index (Phi) is 7.19. The highest BCUT2D eigenvalue weighted by molar-refractivity contribution is 7.11. The van der Waals surface area contributed by atoms with Crippen molar-refractivity contribution in [2.75, 3.05) is 18.6 Å². The zero-order valence-corrected chi connectivity index (χ0v) is 18.7. The molecule has 174 valence electrons. The molecule has 0 saturated carbocycles. The Hall–Kier alpha value is -3.64. The summed E-state index contributed by atoms with van der Waals surface area (Å²) < 4.78 is 33.8. The summed E-state index contributed by atoms with van der Waals surface area (Å²) in [5.41, 5.74) is 5.13. The molecule has 3 rings (SSSR count). The molecule has 1 aromatic carbocycles. The minimum absolute atomic E-state index is 0.00423. The molecule has 3 amide bonds. The quantitative estimate of drug-likeness (QED) is 0.276. The van der Waals surface area contributed by atoms with Crippen LogP contribution in [0.3, 0.4) is 0 Å². The number of imide groups is 1. The number of esters is 1. The number of fused-ring (bicyclic) bond motifs is 1. The molecule has 2 aromatic rings. The summed E-state index contributed by atoms with van der Waals surface area (Å²) in [6.45, 7) is 0.641. The van der Waals surface area contributed by atoms with Crippen molar-refractivity contribution >= 4 is 64.0 Å². The first-order chi connectivity index (χ1) is 15.6. The van der Waals surface area contributed by atoms with Gasteiger partial charge < -0.3 is 24.7 Å². The van der Waals surface area contributed by atoms with Gasteiger partial charge >= 0.3 is 18.2 Å². The zero-order valence-electron chi connectivity index (χ0n) is 17.1. The van der Waals surface area contributed by atoms with Crippen molar-refractivity contribution in [3.05, 3.63) is 50.9 Å². The Morgan fingerprint density at radius 3 is 2.61 bits per heavy atom. The molecular weight excluding hydrogens is 483 g/mol. The SMILES string of the molecule is COC(=O)COC(=O)OC(C)OC(=C1C(=O)N(C(N)=O)c2cc(Cl)c(F)cc21)c1cccs1. The van der Waals surface area contributed by atoms with Gasteiger partial charge in [-0.25, -0.2) is 23.7 Å². The standard InChI is InChI=1S/C20H16ClFN2O8S/c1-9(32-20(28)30-8-15(25)29-2)31-17(14-4-3-5-33-14)16-10-6-12(22)11(21)7-13(10)24(18(16)26)19(23)27/h3-7,9H,8H2,1-2H3,(H2,23,27). The molecule has 10 nitrogen and oxygen atoms in total. The Balaban J connectivity index is 2.01. The van der Waals surface area contributed by atoms with Crippen LogP contribution in [-0.4, -0.2) is 44.1 Å². The van der Waals surface area contributed by atoms with E-state index in [1.54, 1.807) is 17.5 Å². The van der Waals surface area contributed by atoms with E-state index in [1.807, 2.05) is 0 Å². The number of hydrogen-bond donors (Lipinski definition) is 1. The van der Waals surface area contributed by atoms with Gasteiger partial charge in [-0.2, -0.15) is 0 Å². The molecule has 13 heteroatoms. The maximum Gasteiger partial charge on any atom is 0.511 e. The van der Waals surface area contributed by atoms with Gasteiger partial charge in [0.05, 0.1) is 28.3 Å². The molecule has 1 aliphatic rings. The van der Waals surface area contributed by atoms with Gasteiger partial charge in [0, 0.05) is 12.5 Å². The second-order valence-corrected chi connectivity index (χ2v) is 7.72. The molecule has 0 bridgehead atoms. The van der Waals surface area contributed by atoms with Crippen LogP contribution in [0.4, 0.5) is 19.7 Å². The van der Waals surface area contributed by atoms with E-state index >= 15 is 0 Å². The minimum atomic E-state index is -1.32. The number of rotatable bonds is 6. The Labute approximate surface area is 195 Å². The second kappa shape index (κ2) is 9.88. The Morgan fingerprint density at radius 1 is 1.27 bits per heavy atom. The number of hydrogen-bond acceptors (Lipinski definition) is 9. The number of benzene rings is 1. The number of primary amides is 1. The van der Waals surface area contributed by atoms with Crippen LogP contribution in [-0.2, 0) is 28.5 Å². The summed E-state index contributed by atoms with van der Waals surface area (Å²) in [6.07, 6.45) is -2.56. The van der Waals surface area contributed by atoms with E-state index in [0.717, 1.165) is 19.2 Å². The summed E-state index contributed by atoms with van der Waals surface area (Å²) in [7, 11) is 1.12. The van der Waals surface area contributed by atoms with E-state index in [2.05, 4.69) is 9.47 Å². The third-order valence-corrected chi connectivity index (χ3v) is 5.40. The van der Waals surface area contributed by atoms with Crippen LogP contribution >= 0.6 is 22.9 Å². The van der Waals surface area contributed by atoms with Crippen LogP contribution in [0.2, 0.25) is 5.02 Å². The zero-order chi connectivity index (χ0) is 24.3. The predicted molar refractivity (Wildman–Crippen MR) is 115 cm³/mol. The van der Waals surface area contributed by atoms with Gasteiger partial charge in [0.2, 0.25) is 6.29 Å². The van der Waals surface area contributed by atoms with E-state index in [4.69, 9.17) is 26.8 Å². The summed E-state index contributed by atoms with van der Waals surface area (Å²) in [5.74, 6) is -2.63. The summed E-state index contributed by atoms with van der Waals surface area (Å²) in [4.78, 5) is 49.0. The first kappa shape index (κ1) is 24.0. The molecule has 0 aliphatic carbocycles. The number of nitrogens with zero attached hydrogens (tertiary/aromatic N) is 1. The smallest absolute Gasteiger partial charge is 0.466 e. The first-order valence-electron chi connectivity index (χ1n) is 9.12. The molecule has 2 N–H and O–H groups in total. The van der Waals surface area contributed by atoms with Crippen molar-refractivity contribution in [3.63, 3.8) is 0 Å². The Bertz CT molecular complexity index is 1150. The predicted octanol–water partition coefficient (Wildman–Crippen LogP) is 3.52. The van der Waals surface area contributed by atoms with Gasteiger partial charge in [-0.15, -0.1) is 11.3 Å². The van der Waals surface area contributed by atoms with Crippen LogP contribution in [0.1, 0.15) is 17.4 Å². The molecule has 0 saturated heterocycles. The monoisotopic (exact) mass is 498 g/mol. The lowest BCUT2D eigenvalue weighted by molar-refractivity contribution is -0.146. The fourth-order valence-electron chi connectivity index (χ4n) is 2.88. The van der Waals surface area contributed by atoms with E-state index in [0.29, 0.717) is 9.78 Å². The van der Waals surface area contributed by atoms with Crippen molar-refractivity contribution in [1.29, 1.82) is 0 Å². The molecule has 2 heterocycles. The van der Waals surface area contributed by atoms with Crippen LogP contribution in [0.15, 0.2) is 29.6 Å². The summed E-state index contributed by atoms with van der Waals surface area (Å²) >= 11 is 6.99. The highest BCUT2D eigenvalue weighted by Gasteiger charge is 2.40. The number of ether oxygens (including phenoxy) is 4. The molecule has 1 aliphatic heterocycles. The van der Waals surface area contributed by atoms with Crippen molar-refractivity contribution in [1.82, 2.24) is 0 Å². The largest absolute Gasteiger partial charge is 0.511 e. The van der Waals surface area contributed by atoms with Gasteiger partial charge in [0.15, 0.2) is 12.4 Å². The lowest BCUT2D eigenvalue weighted by Gasteiger charge is -2.18. The van der Waals surface area contributed by atoms with E-state index in [-0.39, 0.29) is 27.6 Å². The third kappa shape index (κ3) is 5.07. The van der Waals surface area contributed by atoms with Gasteiger partial charge in [-0.1, -0.05) is 17.7 Å². The highest BCUT2D eigenvalue weighted by Crippen LogP contribution is 2.44. The minimum Gasteiger partial charge on any atom is -0.466 e. The number of carbonyl (C=O) groups excluding carboxylic acids is 4. The van der Waals surface area contributed by atoms with E-state index in [1.165, 1.54) is 18.3 Å². The first-order valence-corrected chi connectivity index (χ1v) is 10.4. The molecule has 1 aromatic heterocycles. The highest BCUT2D eigenvalue weighted by atomic mass is 35.5. The molecule has 1 unspecified atom stereocenters. The topological polar surface area (TPSA) is 134 Å². The molecule has 0 radical (unpaired) electrons. The summed E-state index contributed by atoms with van der Waals surface area (Å²) in [5, 5.41) is 1.36. The lowest BCUT2D eigenvalue weighted by Crippen LogP contribution is -2.38. The number of methoxy groups -OCH3 is 1. The number of thiophene rings is 1. The van der Waals surface area contributed by atoms with Crippen molar-refractivity contribution in [2.45, 2.75) is 13.2 Å². The molecule has 33 heavy (non-hydrogen) atoms. The maximum atomic E-state index is 14.3. The normalized spacial score (nSPS) is 14.9. The molecule has 1 atom stereocenters. The molecular formula is C20H16ClFN2O8S. The van der Waals surface area contributed by atoms with Gasteiger partial charge in [0.25, 0.3) is 5.91 Å². The lowest BCUT2D eigenvalue weighted by atomic mass is 10.0. The van der Waals surface area contributed by atoms with Gasteiger partial charge in [-0.3, -0.25) is 4.79 Å². The molecule has 0 spiro atoms. The molecule has 0 fully saturated rings. The van der Waals surface area contributed by atoms with Crippen molar-refractivity contribution in [3.8, 4) is 0 Å². The number of anilines is 1. The van der Waals surface area contributed by atoms with Gasteiger partial charge in [0.1, 0.15) is 5.82 Å². The van der Waals surface area contributed by atoms with Crippen LogP contribution in [0.25, 0.3) is 11.3 Å². The summed E-state index contributed by atoms with van der Waals surface area (Å²) in [6, 6.07) is 4.22. The van der Waals surface area contributed by atoms with Crippen molar-refractivity contribution < 1.29 is 42.5 Å². The number of carbonyl (C=O) groups is 4. The van der Waals surface area contributed by atoms with Crippen LogP contribution in [0.5, 0.6) is 0 Å². The average Bonchev–Trinajstić information content (AvgIpc) is 3.37. The number of halogens is 2. The second-order valence-electron chi connectivity index (χ2n) is 6.36. The fraction of sp³-hybridized carbons (Fsp3) is 0.200. The van der Waals surface area contributed by atoms with Crippen LogP contribution < -0.4 is 10.6 Å².